The van der Waals surface area contributed by atoms with Gasteiger partial charge in [-0.05, 0) is 30.4 Å². The van der Waals surface area contributed by atoms with Crippen LogP contribution in [0.2, 0.25) is 0 Å². The van der Waals surface area contributed by atoms with Crippen LogP contribution in [0.3, 0.4) is 0 Å². The van der Waals surface area contributed by atoms with Crippen LogP contribution in [-0.2, 0) is 6.42 Å². The first kappa shape index (κ1) is 19.1. The molecule has 0 saturated heterocycles. The van der Waals surface area contributed by atoms with E-state index in [1.54, 1.807) is 6.08 Å². The number of hydrogen-bond donors (Lipinski definition) is 3. The molecule has 0 atom stereocenters. The summed E-state index contributed by atoms with van der Waals surface area (Å²) in [6.45, 7) is 11.6. The SMILES string of the molecule is C.C=C/C(=C\c1cc(C)[nH]c1CC)B(O)O.CC. The van der Waals surface area contributed by atoms with Gasteiger partial charge >= 0.3 is 7.12 Å². The molecule has 1 rings (SSSR count). The Balaban J connectivity index is 0. The van der Waals surface area contributed by atoms with Gasteiger partial charge in [0.2, 0.25) is 0 Å². The van der Waals surface area contributed by atoms with Gasteiger partial charge in [0.15, 0.2) is 0 Å². The minimum absolute atomic E-state index is 0. The summed E-state index contributed by atoms with van der Waals surface area (Å²) in [4.78, 5) is 3.22. The van der Waals surface area contributed by atoms with E-state index in [4.69, 9.17) is 10.0 Å². The Bertz CT molecular complexity index is 381. The second kappa shape index (κ2) is 9.74. The Morgan fingerprint density at radius 1 is 1.44 bits per heavy atom. The molecule has 0 spiro atoms. The molecule has 0 unspecified atom stereocenters. The van der Waals surface area contributed by atoms with Crippen LogP contribution >= 0.6 is 0 Å². The van der Waals surface area contributed by atoms with Crippen molar-refractivity contribution in [3.8, 4) is 0 Å². The monoisotopic (exact) mass is 251 g/mol. The van der Waals surface area contributed by atoms with Crippen LogP contribution in [0.5, 0.6) is 0 Å². The fourth-order valence-corrected chi connectivity index (χ4v) is 1.51. The number of aryl methyl sites for hydroxylation is 2. The number of aromatic nitrogens is 1. The summed E-state index contributed by atoms with van der Waals surface area (Å²) in [6, 6.07) is 1.98. The summed E-state index contributed by atoms with van der Waals surface area (Å²) in [5.74, 6) is 0. The first-order chi connectivity index (χ1) is 8.08. The molecule has 0 radical (unpaired) electrons. The van der Waals surface area contributed by atoms with E-state index >= 15 is 0 Å². The zero-order valence-electron chi connectivity index (χ0n) is 11.1. The van der Waals surface area contributed by atoms with E-state index in [-0.39, 0.29) is 7.43 Å². The van der Waals surface area contributed by atoms with Gasteiger partial charge in [0, 0.05) is 11.4 Å². The predicted molar refractivity (Wildman–Crippen MR) is 81.4 cm³/mol. The number of rotatable bonds is 4. The molecule has 0 bridgehead atoms. The van der Waals surface area contributed by atoms with Crippen molar-refractivity contribution in [2.24, 2.45) is 0 Å². The summed E-state index contributed by atoms with van der Waals surface area (Å²) in [5, 5.41) is 18.1. The van der Waals surface area contributed by atoms with Gasteiger partial charge < -0.3 is 15.0 Å². The highest BCUT2D eigenvalue weighted by atomic mass is 16.4. The topological polar surface area (TPSA) is 56.2 Å². The molecule has 3 nitrogen and oxygen atoms in total. The van der Waals surface area contributed by atoms with Gasteiger partial charge in [-0.1, -0.05) is 46.9 Å². The van der Waals surface area contributed by atoms with E-state index in [0.29, 0.717) is 5.47 Å². The third-order valence-electron chi connectivity index (χ3n) is 2.28. The average Bonchev–Trinajstić information content (AvgIpc) is 2.68. The molecule has 0 aliphatic heterocycles. The molecule has 102 valence electrons. The Labute approximate surface area is 111 Å². The molecule has 1 heterocycles. The van der Waals surface area contributed by atoms with Crippen LogP contribution in [0.1, 0.15) is 45.1 Å². The molecule has 18 heavy (non-hydrogen) atoms. The first-order valence-corrected chi connectivity index (χ1v) is 5.97. The zero-order valence-corrected chi connectivity index (χ0v) is 11.1. The van der Waals surface area contributed by atoms with Crippen molar-refractivity contribution in [1.29, 1.82) is 0 Å². The molecule has 0 aromatic carbocycles. The minimum Gasteiger partial charge on any atom is -0.423 e. The minimum atomic E-state index is -1.47. The van der Waals surface area contributed by atoms with Crippen molar-refractivity contribution < 1.29 is 10.0 Å². The summed E-state index contributed by atoms with van der Waals surface area (Å²) in [5.41, 5.74) is 3.54. The van der Waals surface area contributed by atoms with E-state index in [2.05, 4.69) is 11.6 Å². The second-order valence-corrected chi connectivity index (χ2v) is 3.46. The molecule has 4 heteroatoms. The first-order valence-electron chi connectivity index (χ1n) is 5.97. The summed E-state index contributed by atoms with van der Waals surface area (Å²) in [7, 11) is -1.47. The molecule has 0 aliphatic rings. The standard InChI is InChI=1S/C11H16BNO2.C2H6.CH4/c1-4-10(12(14)15)7-9-6-8(3)13-11(9)5-2;1-2;/h4,6-7,13-15H,1,5H2,2-3H3;1-2H3;1H4/b10-7+;;. The smallest absolute Gasteiger partial charge is 0.423 e. The van der Waals surface area contributed by atoms with Crippen LogP contribution in [0.15, 0.2) is 24.2 Å². The van der Waals surface area contributed by atoms with Crippen molar-refractivity contribution in [1.82, 2.24) is 4.98 Å². The van der Waals surface area contributed by atoms with E-state index in [0.717, 1.165) is 23.4 Å². The van der Waals surface area contributed by atoms with E-state index in [1.807, 2.05) is 33.8 Å². The van der Waals surface area contributed by atoms with E-state index in [9.17, 15) is 0 Å². The average molecular weight is 251 g/mol. The van der Waals surface area contributed by atoms with Gasteiger partial charge in [0.1, 0.15) is 0 Å². The maximum Gasteiger partial charge on any atom is 0.488 e. The van der Waals surface area contributed by atoms with Gasteiger partial charge in [0.05, 0.1) is 0 Å². The fraction of sp³-hybridized carbons (Fsp3) is 0.429. The number of allylic oxidation sites excluding steroid dienone is 2. The van der Waals surface area contributed by atoms with Gasteiger partial charge in [-0.15, -0.1) is 0 Å². The van der Waals surface area contributed by atoms with Crippen molar-refractivity contribution in [3.05, 3.63) is 41.1 Å². The maximum absolute atomic E-state index is 9.05. The summed E-state index contributed by atoms with van der Waals surface area (Å²) < 4.78 is 0. The number of hydrogen-bond acceptors (Lipinski definition) is 2. The number of nitrogens with one attached hydrogen (secondary N) is 1. The molecule has 1 aromatic heterocycles. The van der Waals surface area contributed by atoms with Crippen molar-refractivity contribution in [2.45, 2.75) is 41.5 Å². The summed E-state index contributed by atoms with van der Waals surface area (Å²) in [6.07, 6.45) is 4.07. The van der Waals surface area contributed by atoms with Crippen molar-refractivity contribution >= 4 is 13.2 Å². The van der Waals surface area contributed by atoms with Crippen LogP contribution in [0.4, 0.5) is 0 Å². The highest BCUT2D eigenvalue weighted by molar-refractivity contribution is 6.53. The molecular formula is C14H26BNO2. The van der Waals surface area contributed by atoms with Gasteiger partial charge in [0.25, 0.3) is 0 Å². The van der Waals surface area contributed by atoms with Crippen molar-refractivity contribution in [3.63, 3.8) is 0 Å². The second-order valence-electron chi connectivity index (χ2n) is 3.46. The molecule has 0 saturated carbocycles. The molecule has 1 aromatic rings. The normalized spacial score (nSPS) is 10.0. The lowest BCUT2D eigenvalue weighted by atomic mass is 9.78. The van der Waals surface area contributed by atoms with Gasteiger partial charge in [-0.25, -0.2) is 0 Å². The van der Waals surface area contributed by atoms with Crippen LogP contribution in [0, 0.1) is 6.92 Å². The highest BCUT2D eigenvalue weighted by Gasteiger charge is 2.12. The third-order valence-corrected chi connectivity index (χ3v) is 2.28. The Morgan fingerprint density at radius 3 is 2.39 bits per heavy atom. The molecular weight excluding hydrogens is 225 g/mol. The lowest BCUT2D eigenvalue weighted by Crippen LogP contribution is -2.13. The molecule has 0 amide bonds. The van der Waals surface area contributed by atoms with Crippen molar-refractivity contribution in [2.75, 3.05) is 0 Å². The number of H-pyrrole nitrogens is 1. The fourth-order valence-electron chi connectivity index (χ4n) is 1.51. The predicted octanol–water partition coefficient (Wildman–Crippen LogP) is 3.13. The lowest BCUT2D eigenvalue weighted by Gasteiger charge is -2.00. The third kappa shape index (κ3) is 5.38. The summed E-state index contributed by atoms with van der Waals surface area (Å²) >= 11 is 0. The zero-order chi connectivity index (χ0) is 13.4. The molecule has 0 fully saturated rings. The van der Waals surface area contributed by atoms with E-state index in [1.165, 1.54) is 6.08 Å². The quantitative estimate of drug-likeness (QED) is 0.568. The lowest BCUT2D eigenvalue weighted by molar-refractivity contribution is 0.421. The highest BCUT2D eigenvalue weighted by Crippen LogP contribution is 2.16. The molecule has 3 N–H and O–H groups in total. The Morgan fingerprint density at radius 2 is 2.00 bits per heavy atom. The van der Waals surface area contributed by atoms with Crippen LogP contribution < -0.4 is 0 Å². The van der Waals surface area contributed by atoms with Crippen LogP contribution in [-0.4, -0.2) is 22.2 Å². The Hall–Kier alpha value is -1.26. The Kier molecular flexibility index (Phi) is 10.3. The maximum atomic E-state index is 9.05. The van der Waals surface area contributed by atoms with E-state index < -0.39 is 7.12 Å². The molecule has 0 aliphatic carbocycles. The number of aromatic amines is 1. The van der Waals surface area contributed by atoms with Gasteiger partial charge in [-0.3, -0.25) is 0 Å². The largest absolute Gasteiger partial charge is 0.488 e. The van der Waals surface area contributed by atoms with Gasteiger partial charge in [-0.2, -0.15) is 0 Å². The van der Waals surface area contributed by atoms with Crippen LogP contribution in [0.25, 0.3) is 6.08 Å².